The maximum Gasteiger partial charge on any atom is 2.00 e. The molecule has 0 spiro atoms. The molecule has 28 nitrogen and oxygen atoms in total. The Bertz CT molecular complexity index is 6830. The van der Waals surface area contributed by atoms with Crippen LogP contribution in [0.25, 0.3) is 89.7 Å². The summed E-state index contributed by atoms with van der Waals surface area (Å²) < 4.78 is 27.7. The number of nitrogens with zero attached hydrogens (tertiary/aromatic N) is 12. The smallest absolute Gasteiger partial charge is 0.507 e. The first-order valence-corrected chi connectivity index (χ1v) is 35.6. The van der Waals surface area contributed by atoms with E-state index in [9.17, 15) is 39.6 Å². The van der Waals surface area contributed by atoms with Crippen molar-refractivity contribution < 1.29 is 78.0 Å². The molecule has 8 bridgehead atoms. The van der Waals surface area contributed by atoms with Crippen LogP contribution in [0.4, 0.5) is 0 Å². The van der Waals surface area contributed by atoms with Crippen LogP contribution < -0.4 is 50.6 Å². The van der Waals surface area contributed by atoms with Gasteiger partial charge in [0.25, 0.3) is 23.6 Å². The maximum atomic E-state index is 13.3. The molecular weight excluding hydrogens is 1540 g/mol. The van der Waals surface area contributed by atoms with Crippen molar-refractivity contribution in [1.82, 2.24) is 61.6 Å². The van der Waals surface area contributed by atoms with E-state index in [1.807, 2.05) is 0 Å². The molecule has 17 rings (SSSR count). The Morgan fingerprint density at radius 3 is 0.872 bits per heavy atom. The van der Waals surface area contributed by atoms with Gasteiger partial charge in [0.05, 0.1) is 81.5 Å². The average Bonchev–Trinajstić information content (AvgIpc) is 1.59. The van der Waals surface area contributed by atoms with Crippen molar-refractivity contribution in [3.8, 4) is 115 Å². The van der Waals surface area contributed by atoms with Gasteiger partial charge in [-0.05, 0) is 132 Å². The molecule has 2 aliphatic heterocycles. The molecule has 562 valence electrons. The van der Waals surface area contributed by atoms with Crippen LogP contribution in [-0.2, 0) is 19.5 Å². The Morgan fingerprint density at radius 1 is 0.282 bits per heavy atom. The van der Waals surface area contributed by atoms with Crippen molar-refractivity contribution in [3.05, 3.63) is 311 Å². The summed E-state index contributed by atoms with van der Waals surface area (Å²) in [5.74, 6) is -1.12. The van der Waals surface area contributed by atoms with E-state index < -0.39 is 23.6 Å². The fraction of sp³-hybridized carbons (Fsp3) is 0. The zero-order valence-electron chi connectivity index (χ0n) is 60.8. The number of carbonyl (C=O) groups excluding carboxylic acids is 4. The van der Waals surface area contributed by atoms with Crippen LogP contribution in [0.15, 0.2) is 287 Å². The minimum atomic E-state index is -0.659. The minimum Gasteiger partial charge on any atom is -0.507 e. The molecule has 8 N–H and O–H groups in total. The fourth-order valence-electron chi connectivity index (χ4n) is 12.8. The number of rotatable bonds is 20. The SMILES string of the molecule is O=C(N/N=C\c1ccccc1Oc1cccc2c1-c1nc-2nc2[n-]c(nc3nc(nc4[n-]c(n1)c1c(Oc5ccccc5/C=N/NC(=O)c5ccccc5O)cccc41)-c1c(Oc4ccccc4/C=N/NC(=O)c4ccccc4O)cccc1-3)c1cccc(Oc3ccccc3/C=N/NC(=O)c3ccccc3O)c21)c1ccccc1O.[Zn+2]. The molecule has 3 aromatic heterocycles. The third-order valence-corrected chi connectivity index (χ3v) is 18.3. The predicted octanol–water partition coefficient (Wildman–Crippen LogP) is 15.2. The van der Waals surface area contributed by atoms with Crippen LogP contribution in [0.3, 0.4) is 0 Å². The molecule has 0 aliphatic carbocycles. The first kappa shape index (κ1) is 74.7. The summed E-state index contributed by atoms with van der Waals surface area (Å²) in [5, 5.41) is 60.3. The van der Waals surface area contributed by atoms with Crippen LogP contribution >= 0.6 is 0 Å². The molecule has 15 aromatic rings. The minimum absolute atomic E-state index is 0. The second-order valence-electron chi connectivity index (χ2n) is 25.6. The van der Waals surface area contributed by atoms with Gasteiger partial charge in [-0.3, -0.25) is 19.2 Å². The van der Waals surface area contributed by atoms with Gasteiger partial charge in [-0.2, -0.15) is 20.4 Å². The standard InChI is InChI=1S/C88H58N16O12.Zn/c105-61-33-9-5-25-53(61)85(109)101-89-45-49-21-1-13-37-65(49)113-69-41-17-29-57-73(69)81-94-77(57)93-78-58-30-18-42-70(114-66-38-14-2-22-50(66)46-90-102-86(110)54-26-6-10-34-62(54)106)74(58)82(95-78)97-80-60-32-20-44-72(116-68-40-16-4-24-52(68)48-92-104-88(112)56-28-8-12-36-64(56)108)76(60)84(99-80)100-83-75-59(79(96-81)98-83)31-19-43-71(75)115-67-39-15-3-23-51(67)47-91-103-87(111)55-27-7-11-35-63(55)107;/h1-48H,(H10,93,94,95,96,97,98,99,100,101,102,103,104,105,106,107,108,109,110,111,112);/q;+2/p-2/b89-45+,90-46+,91-47-,92-48+;. The summed E-state index contributed by atoms with van der Waals surface area (Å²) in [4.78, 5) is 95.3. The molecular formula is C88H56N16O12Zn. The van der Waals surface area contributed by atoms with E-state index in [1.165, 1.54) is 73.4 Å². The zero-order chi connectivity index (χ0) is 79.2. The number of amides is 4. The quantitative estimate of drug-likeness (QED) is 0.0200. The number of phenolic OH excluding ortho intramolecular Hbond substituents is 4. The summed E-state index contributed by atoms with van der Waals surface area (Å²) >= 11 is 0. The summed E-state index contributed by atoms with van der Waals surface area (Å²) in [7, 11) is 0. The molecule has 117 heavy (non-hydrogen) atoms. The molecule has 5 heterocycles. The number of aromatic nitrogens is 8. The van der Waals surface area contributed by atoms with Crippen molar-refractivity contribution in [2.45, 2.75) is 0 Å². The molecule has 12 aromatic carbocycles. The number of ether oxygens (including phenoxy) is 4. The van der Waals surface area contributed by atoms with Crippen LogP contribution in [-0.4, -0.2) is 98.8 Å². The van der Waals surface area contributed by atoms with E-state index in [4.69, 9.17) is 58.8 Å². The van der Waals surface area contributed by atoms with Crippen molar-refractivity contribution in [3.63, 3.8) is 0 Å². The molecule has 0 radical (unpaired) electrons. The normalized spacial score (nSPS) is 11.5. The Morgan fingerprint density at radius 2 is 0.538 bits per heavy atom. The van der Waals surface area contributed by atoms with E-state index in [2.05, 4.69) is 42.1 Å². The molecule has 0 atom stereocenters. The Labute approximate surface area is 674 Å². The van der Waals surface area contributed by atoms with Gasteiger partial charge in [-0.1, -0.05) is 146 Å². The number of nitrogens with one attached hydrogen (secondary N) is 4. The number of phenols is 4. The number of benzene rings is 12. The molecule has 0 unspecified atom stereocenters. The first-order valence-electron chi connectivity index (χ1n) is 35.6. The number of hydrogen-bond donors (Lipinski definition) is 8. The third-order valence-electron chi connectivity index (χ3n) is 18.3. The van der Waals surface area contributed by atoms with Gasteiger partial charge >= 0.3 is 19.5 Å². The van der Waals surface area contributed by atoms with Crippen LogP contribution in [0, 0.1) is 0 Å². The van der Waals surface area contributed by atoms with Crippen LogP contribution in [0.1, 0.15) is 63.7 Å². The molecule has 0 saturated heterocycles. The second kappa shape index (κ2) is 32.9. The fourth-order valence-corrected chi connectivity index (χ4v) is 12.8. The molecule has 29 heteroatoms. The molecule has 4 amide bonds. The predicted molar refractivity (Wildman–Crippen MR) is 433 cm³/mol. The number of carbonyl (C=O) groups is 4. The number of para-hydroxylation sites is 8. The summed E-state index contributed by atoms with van der Waals surface area (Å²) in [5.41, 5.74) is 13.6. The Balaban J connectivity index is 0.0000102. The zero-order valence-corrected chi connectivity index (χ0v) is 63.8. The molecule has 0 fully saturated rings. The Kier molecular flexibility index (Phi) is 21.0. The van der Waals surface area contributed by atoms with E-state index >= 15 is 0 Å². The summed E-state index contributed by atoms with van der Waals surface area (Å²) in [6.07, 6.45) is 5.61. The molecule has 2 aliphatic rings. The molecule has 0 saturated carbocycles. The maximum absolute atomic E-state index is 13.3. The number of fused-ring (bicyclic) bond motifs is 20. The average molecular weight is 1590 g/mol. The van der Waals surface area contributed by atoms with Crippen molar-refractivity contribution in [1.29, 1.82) is 0 Å². The van der Waals surface area contributed by atoms with E-state index in [0.717, 1.165) is 0 Å². The van der Waals surface area contributed by atoms with Crippen LogP contribution in [0.2, 0.25) is 0 Å². The van der Waals surface area contributed by atoms with Gasteiger partial charge in [0.2, 0.25) is 0 Å². The van der Waals surface area contributed by atoms with Gasteiger partial charge in [0.15, 0.2) is 0 Å². The summed E-state index contributed by atoms with van der Waals surface area (Å²) in [6.45, 7) is 0. The van der Waals surface area contributed by atoms with Gasteiger partial charge in [-0.15, -0.1) is 0 Å². The largest absolute Gasteiger partial charge is 2.00 e. The van der Waals surface area contributed by atoms with Crippen LogP contribution in [0.5, 0.6) is 69.0 Å². The Hall–Kier alpha value is -16.4. The van der Waals surface area contributed by atoms with Crippen molar-refractivity contribution in [2.24, 2.45) is 20.4 Å². The van der Waals surface area contributed by atoms with Crippen molar-refractivity contribution >= 4 is 92.6 Å². The number of hydrogen-bond acceptors (Lipinski definition) is 22. The number of aromatic hydroxyl groups is 4. The van der Waals surface area contributed by atoms with Gasteiger partial charge in [0, 0.05) is 66.7 Å². The van der Waals surface area contributed by atoms with Gasteiger partial charge in [0.1, 0.15) is 69.0 Å². The number of hydrazone groups is 4. The monoisotopic (exact) mass is 1590 g/mol. The van der Waals surface area contributed by atoms with Gasteiger partial charge in [-0.25, -0.2) is 31.7 Å². The summed E-state index contributed by atoms with van der Waals surface area (Å²) in [6, 6.07) is 73.3. The third kappa shape index (κ3) is 15.5. The van der Waals surface area contributed by atoms with E-state index in [-0.39, 0.29) is 145 Å². The topological polar surface area (TPSA) is 389 Å². The van der Waals surface area contributed by atoms with Gasteiger partial charge < -0.3 is 69.3 Å². The van der Waals surface area contributed by atoms with E-state index in [0.29, 0.717) is 77.6 Å². The first-order chi connectivity index (χ1) is 56.8. The second-order valence-corrected chi connectivity index (χ2v) is 25.6. The van der Waals surface area contributed by atoms with E-state index in [1.54, 1.807) is 218 Å². The van der Waals surface area contributed by atoms with Crippen molar-refractivity contribution in [2.75, 3.05) is 0 Å².